The van der Waals surface area contributed by atoms with Gasteiger partial charge in [-0.15, -0.1) is 0 Å². The molecule has 96 valence electrons. The molecule has 1 rings (SSSR count). The van der Waals surface area contributed by atoms with Crippen molar-refractivity contribution < 1.29 is 4.79 Å². The minimum atomic E-state index is 0.0128. The second kappa shape index (κ2) is 6.87. The summed E-state index contributed by atoms with van der Waals surface area (Å²) in [5.41, 5.74) is 1.07. The average molecular weight is 266 g/mol. The maximum atomic E-state index is 11.8. The first kappa shape index (κ1) is 14.3. The van der Waals surface area contributed by atoms with E-state index in [0.29, 0.717) is 29.4 Å². The Hall–Kier alpha value is -1.73. The molecule has 1 aromatic carbocycles. The van der Waals surface area contributed by atoms with Gasteiger partial charge in [-0.2, -0.15) is 5.26 Å². The number of halogens is 1. The van der Waals surface area contributed by atoms with E-state index in [4.69, 9.17) is 16.9 Å². The quantitative estimate of drug-likeness (QED) is 0.890. The lowest BCUT2D eigenvalue weighted by Gasteiger charge is -2.19. The largest absolute Gasteiger partial charge is 0.375 e. The van der Waals surface area contributed by atoms with Gasteiger partial charge in [0, 0.05) is 18.1 Å². The first-order chi connectivity index (χ1) is 8.62. The molecule has 4 nitrogen and oxygen atoms in total. The van der Waals surface area contributed by atoms with Crippen molar-refractivity contribution in [3.05, 3.63) is 28.8 Å². The molecule has 0 aliphatic heterocycles. The number of benzene rings is 1. The fourth-order valence-corrected chi connectivity index (χ4v) is 1.79. The Labute approximate surface area is 112 Å². The molecule has 0 aromatic heterocycles. The van der Waals surface area contributed by atoms with Crippen molar-refractivity contribution in [2.75, 3.05) is 25.0 Å². The fraction of sp³-hybridized carbons (Fsp3) is 0.385. The highest BCUT2D eigenvalue weighted by Crippen LogP contribution is 2.19. The first-order valence-electron chi connectivity index (χ1n) is 5.83. The van der Waals surface area contributed by atoms with E-state index in [0.717, 1.165) is 0 Å². The number of rotatable bonds is 5. The van der Waals surface area contributed by atoms with Crippen LogP contribution in [0.2, 0.25) is 5.02 Å². The maximum Gasteiger partial charge on any atom is 0.241 e. The van der Waals surface area contributed by atoms with Gasteiger partial charge in [0.05, 0.1) is 17.8 Å². The zero-order valence-corrected chi connectivity index (χ0v) is 11.3. The SMILES string of the molecule is CCN(CC)C(=O)CNc1ccc(Cl)cc1C#N. The third-order valence-corrected chi connectivity index (χ3v) is 2.88. The second-order valence-corrected chi connectivity index (χ2v) is 4.16. The van der Waals surface area contributed by atoms with Crippen LogP contribution in [0.4, 0.5) is 5.69 Å². The van der Waals surface area contributed by atoms with Crippen molar-refractivity contribution in [2.24, 2.45) is 0 Å². The number of likely N-dealkylation sites (N-methyl/N-ethyl adjacent to an activating group) is 1. The molecule has 1 aromatic rings. The molecule has 0 spiro atoms. The maximum absolute atomic E-state index is 11.8. The Morgan fingerprint density at radius 1 is 1.44 bits per heavy atom. The third kappa shape index (κ3) is 3.64. The highest BCUT2D eigenvalue weighted by atomic mass is 35.5. The van der Waals surface area contributed by atoms with Crippen molar-refractivity contribution in [1.82, 2.24) is 4.90 Å². The summed E-state index contributed by atoms with van der Waals surface area (Å²) in [5, 5.41) is 12.4. The predicted octanol–water partition coefficient (Wildman–Crippen LogP) is 2.49. The molecule has 0 radical (unpaired) electrons. The van der Waals surface area contributed by atoms with E-state index in [2.05, 4.69) is 5.32 Å². The predicted molar refractivity (Wildman–Crippen MR) is 72.6 cm³/mol. The van der Waals surface area contributed by atoms with E-state index in [-0.39, 0.29) is 12.5 Å². The van der Waals surface area contributed by atoms with Gasteiger partial charge in [0.1, 0.15) is 6.07 Å². The van der Waals surface area contributed by atoms with Gasteiger partial charge in [-0.1, -0.05) is 11.6 Å². The van der Waals surface area contributed by atoms with Crippen molar-refractivity contribution in [3.8, 4) is 6.07 Å². The van der Waals surface area contributed by atoms with Crippen LogP contribution in [-0.4, -0.2) is 30.4 Å². The van der Waals surface area contributed by atoms with Crippen LogP contribution in [0.5, 0.6) is 0 Å². The van der Waals surface area contributed by atoms with E-state index >= 15 is 0 Å². The Balaban J connectivity index is 2.70. The number of amides is 1. The van der Waals surface area contributed by atoms with E-state index in [1.807, 2.05) is 19.9 Å². The van der Waals surface area contributed by atoms with Crippen LogP contribution < -0.4 is 5.32 Å². The highest BCUT2D eigenvalue weighted by Gasteiger charge is 2.10. The molecule has 0 aliphatic rings. The number of carbonyl (C=O) groups is 1. The number of nitrogens with zero attached hydrogens (tertiary/aromatic N) is 2. The van der Waals surface area contributed by atoms with Gasteiger partial charge in [0.2, 0.25) is 5.91 Å². The Morgan fingerprint density at radius 2 is 2.11 bits per heavy atom. The Kier molecular flexibility index (Phi) is 5.47. The van der Waals surface area contributed by atoms with Crippen LogP contribution in [0.1, 0.15) is 19.4 Å². The van der Waals surface area contributed by atoms with Crippen LogP contribution in [-0.2, 0) is 4.79 Å². The van der Waals surface area contributed by atoms with Crippen molar-refractivity contribution in [2.45, 2.75) is 13.8 Å². The lowest BCUT2D eigenvalue weighted by Crippen LogP contribution is -2.35. The molecule has 0 heterocycles. The van der Waals surface area contributed by atoms with Gasteiger partial charge in [-0.25, -0.2) is 0 Å². The zero-order chi connectivity index (χ0) is 13.5. The second-order valence-electron chi connectivity index (χ2n) is 3.72. The summed E-state index contributed by atoms with van der Waals surface area (Å²) in [6.45, 7) is 5.41. The summed E-state index contributed by atoms with van der Waals surface area (Å²) in [6, 6.07) is 7.01. The van der Waals surface area contributed by atoms with Crippen molar-refractivity contribution >= 4 is 23.2 Å². The number of hydrogen-bond donors (Lipinski definition) is 1. The Morgan fingerprint density at radius 3 is 2.67 bits per heavy atom. The highest BCUT2D eigenvalue weighted by molar-refractivity contribution is 6.30. The molecule has 0 saturated heterocycles. The van der Waals surface area contributed by atoms with Gasteiger partial charge in [0.25, 0.3) is 0 Å². The minimum absolute atomic E-state index is 0.0128. The molecular formula is C13H16ClN3O. The molecule has 0 fully saturated rings. The van der Waals surface area contributed by atoms with Crippen LogP contribution in [0.15, 0.2) is 18.2 Å². The van der Waals surface area contributed by atoms with Gasteiger partial charge >= 0.3 is 0 Å². The molecule has 18 heavy (non-hydrogen) atoms. The molecule has 0 atom stereocenters. The summed E-state index contributed by atoms with van der Waals surface area (Å²) < 4.78 is 0. The van der Waals surface area contributed by atoms with Crippen LogP contribution in [0.3, 0.4) is 0 Å². The number of hydrogen-bond acceptors (Lipinski definition) is 3. The average Bonchev–Trinajstić information content (AvgIpc) is 2.38. The monoisotopic (exact) mass is 265 g/mol. The van der Waals surface area contributed by atoms with Gasteiger partial charge < -0.3 is 10.2 Å². The molecule has 5 heteroatoms. The fourth-order valence-electron chi connectivity index (χ4n) is 1.62. The number of nitriles is 1. The number of carbonyl (C=O) groups excluding carboxylic acids is 1. The first-order valence-corrected chi connectivity index (χ1v) is 6.21. The Bertz CT molecular complexity index is 464. The lowest BCUT2D eigenvalue weighted by atomic mass is 10.2. The normalized spacial score (nSPS) is 9.67. The van der Waals surface area contributed by atoms with Gasteiger partial charge in [-0.3, -0.25) is 4.79 Å². The van der Waals surface area contributed by atoms with Gasteiger partial charge in [-0.05, 0) is 32.0 Å². The molecule has 1 N–H and O–H groups in total. The summed E-state index contributed by atoms with van der Waals surface area (Å²) in [6.07, 6.45) is 0. The molecule has 1 amide bonds. The molecular weight excluding hydrogens is 250 g/mol. The van der Waals surface area contributed by atoms with E-state index in [1.165, 1.54) is 0 Å². The smallest absolute Gasteiger partial charge is 0.241 e. The van der Waals surface area contributed by atoms with E-state index in [1.54, 1.807) is 23.1 Å². The number of nitrogens with one attached hydrogen (secondary N) is 1. The summed E-state index contributed by atoms with van der Waals surface area (Å²) in [4.78, 5) is 13.5. The van der Waals surface area contributed by atoms with Crippen LogP contribution >= 0.6 is 11.6 Å². The summed E-state index contributed by atoms with van der Waals surface area (Å²) in [5.74, 6) is 0.0128. The van der Waals surface area contributed by atoms with Crippen LogP contribution in [0.25, 0.3) is 0 Å². The number of anilines is 1. The topological polar surface area (TPSA) is 56.1 Å². The third-order valence-electron chi connectivity index (χ3n) is 2.65. The summed E-state index contributed by atoms with van der Waals surface area (Å²) >= 11 is 5.80. The van der Waals surface area contributed by atoms with Gasteiger partial charge in [0.15, 0.2) is 0 Å². The van der Waals surface area contributed by atoms with Crippen LogP contribution in [0, 0.1) is 11.3 Å². The van der Waals surface area contributed by atoms with E-state index < -0.39 is 0 Å². The molecule has 0 bridgehead atoms. The van der Waals surface area contributed by atoms with Crippen molar-refractivity contribution in [1.29, 1.82) is 5.26 Å². The molecule has 0 unspecified atom stereocenters. The zero-order valence-electron chi connectivity index (χ0n) is 10.5. The molecule has 0 saturated carbocycles. The van der Waals surface area contributed by atoms with E-state index in [9.17, 15) is 4.79 Å². The standard InChI is InChI=1S/C13H16ClN3O/c1-3-17(4-2)13(18)9-16-12-6-5-11(14)7-10(12)8-15/h5-7,16H,3-4,9H2,1-2H3. The van der Waals surface area contributed by atoms with Crippen molar-refractivity contribution in [3.63, 3.8) is 0 Å². The lowest BCUT2D eigenvalue weighted by molar-refractivity contribution is -0.128. The minimum Gasteiger partial charge on any atom is -0.375 e. The summed E-state index contributed by atoms with van der Waals surface area (Å²) in [7, 11) is 0. The molecule has 0 aliphatic carbocycles.